The van der Waals surface area contributed by atoms with E-state index < -0.39 is 0 Å². The maximum Gasteiger partial charge on any atom is 0.166 e. The van der Waals surface area contributed by atoms with Gasteiger partial charge in [-0.3, -0.25) is 0 Å². The standard InChI is InChI=1S/C13H17FN2OS/c14-12-6-2-1-4-10(12)8-15-13(18)16-9-11-5-3-7-17-11/h1-2,4,6,11H,3,5,7-9H2,(H2,15,16,18). The molecule has 3 nitrogen and oxygen atoms in total. The van der Waals surface area contributed by atoms with Gasteiger partial charge in [0.25, 0.3) is 0 Å². The molecule has 1 saturated heterocycles. The molecule has 1 fully saturated rings. The summed E-state index contributed by atoms with van der Waals surface area (Å²) in [4.78, 5) is 0. The summed E-state index contributed by atoms with van der Waals surface area (Å²) in [6, 6.07) is 6.67. The lowest BCUT2D eigenvalue weighted by Gasteiger charge is -2.14. The minimum Gasteiger partial charge on any atom is -0.376 e. The number of hydrogen-bond acceptors (Lipinski definition) is 2. The number of benzene rings is 1. The van der Waals surface area contributed by atoms with Gasteiger partial charge in [-0.15, -0.1) is 0 Å². The van der Waals surface area contributed by atoms with Gasteiger partial charge in [0.15, 0.2) is 5.11 Å². The molecule has 1 aromatic rings. The van der Waals surface area contributed by atoms with E-state index in [1.807, 2.05) is 6.07 Å². The fraction of sp³-hybridized carbons (Fsp3) is 0.462. The van der Waals surface area contributed by atoms with Crippen LogP contribution in [-0.2, 0) is 11.3 Å². The number of halogens is 1. The molecule has 1 unspecified atom stereocenters. The Balaban J connectivity index is 1.69. The van der Waals surface area contributed by atoms with Crippen LogP contribution in [0.15, 0.2) is 24.3 Å². The molecule has 0 saturated carbocycles. The number of hydrogen-bond donors (Lipinski definition) is 2. The van der Waals surface area contributed by atoms with Gasteiger partial charge in [-0.05, 0) is 31.1 Å². The van der Waals surface area contributed by atoms with Crippen LogP contribution in [0.1, 0.15) is 18.4 Å². The predicted octanol–water partition coefficient (Wildman–Crippen LogP) is 1.97. The Kier molecular flexibility index (Phi) is 4.90. The highest BCUT2D eigenvalue weighted by atomic mass is 32.1. The molecule has 1 aliphatic rings. The molecule has 1 aliphatic heterocycles. The normalized spacial score (nSPS) is 18.6. The van der Waals surface area contributed by atoms with E-state index in [4.69, 9.17) is 17.0 Å². The van der Waals surface area contributed by atoms with Gasteiger partial charge < -0.3 is 15.4 Å². The highest BCUT2D eigenvalue weighted by molar-refractivity contribution is 7.80. The van der Waals surface area contributed by atoms with Crippen molar-refractivity contribution in [2.24, 2.45) is 0 Å². The summed E-state index contributed by atoms with van der Waals surface area (Å²) in [5, 5.41) is 6.61. The maximum absolute atomic E-state index is 13.3. The van der Waals surface area contributed by atoms with Crippen molar-refractivity contribution in [3.63, 3.8) is 0 Å². The van der Waals surface area contributed by atoms with Gasteiger partial charge in [-0.1, -0.05) is 18.2 Å². The number of rotatable bonds is 4. The molecule has 0 radical (unpaired) electrons. The van der Waals surface area contributed by atoms with Crippen LogP contribution in [0.2, 0.25) is 0 Å². The molecule has 0 spiro atoms. The second kappa shape index (κ2) is 6.66. The van der Waals surface area contributed by atoms with Crippen LogP contribution in [-0.4, -0.2) is 24.4 Å². The number of thiocarbonyl (C=S) groups is 1. The van der Waals surface area contributed by atoms with Gasteiger partial charge in [-0.25, -0.2) is 4.39 Å². The monoisotopic (exact) mass is 268 g/mol. The second-order valence-corrected chi connectivity index (χ2v) is 4.70. The van der Waals surface area contributed by atoms with Crippen LogP contribution in [0.25, 0.3) is 0 Å². The zero-order chi connectivity index (χ0) is 12.8. The molecular weight excluding hydrogens is 251 g/mol. The second-order valence-electron chi connectivity index (χ2n) is 4.29. The molecule has 1 aromatic carbocycles. The Hall–Kier alpha value is -1.20. The fourth-order valence-electron chi connectivity index (χ4n) is 1.89. The first-order valence-electron chi connectivity index (χ1n) is 6.12. The Morgan fingerprint density at radius 3 is 2.94 bits per heavy atom. The van der Waals surface area contributed by atoms with Crippen molar-refractivity contribution >= 4 is 17.3 Å². The van der Waals surface area contributed by atoms with E-state index in [-0.39, 0.29) is 11.9 Å². The van der Waals surface area contributed by atoms with Gasteiger partial charge in [0.2, 0.25) is 0 Å². The van der Waals surface area contributed by atoms with Crippen LogP contribution in [0.5, 0.6) is 0 Å². The molecule has 0 amide bonds. The zero-order valence-electron chi connectivity index (χ0n) is 10.1. The van der Waals surface area contributed by atoms with Crippen molar-refractivity contribution in [3.05, 3.63) is 35.6 Å². The smallest absolute Gasteiger partial charge is 0.166 e. The molecule has 0 bridgehead atoms. The minimum absolute atomic E-state index is 0.216. The number of ether oxygens (including phenoxy) is 1. The first-order valence-corrected chi connectivity index (χ1v) is 6.53. The van der Waals surface area contributed by atoms with Crippen molar-refractivity contribution in [2.45, 2.75) is 25.5 Å². The maximum atomic E-state index is 13.3. The molecule has 1 heterocycles. The fourth-order valence-corrected chi connectivity index (χ4v) is 2.05. The van der Waals surface area contributed by atoms with Gasteiger partial charge >= 0.3 is 0 Å². The van der Waals surface area contributed by atoms with Crippen molar-refractivity contribution in [2.75, 3.05) is 13.2 Å². The number of nitrogens with one attached hydrogen (secondary N) is 2. The first kappa shape index (κ1) is 13.2. The lowest BCUT2D eigenvalue weighted by Crippen LogP contribution is -2.39. The Morgan fingerprint density at radius 1 is 1.39 bits per heavy atom. The summed E-state index contributed by atoms with van der Waals surface area (Å²) >= 11 is 5.13. The van der Waals surface area contributed by atoms with E-state index in [1.165, 1.54) is 6.07 Å². The van der Waals surface area contributed by atoms with Crippen LogP contribution >= 0.6 is 12.2 Å². The summed E-state index contributed by atoms with van der Waals surface area (Å²) in [5.74, 6) is -0.216. The third-order valence-electron chi connectivity index (χ3n) is 2.91. The Morgan fingerprint density at radius 2 is 2.22 bits per heavy atom. The van der Waals surface area contributed by atoms with Gasteiger partial charge in [0, 0.05) is 25.3 Å². The van der Waals surface area contributed by atoms with E-state index >= 15 is 0 Å². The van der Waals surface area contributed by atoms with Gasteiger partial charge in [0.05, 0.1) is 6.10 Å². The Bertz CT molecular complexity index is 408. The van der Waals surface area contributed by atoms with E-state index in [0.717, 1.165) is 19.4 Å². The van der Waals surface area contributed by atoms with E-state index in [0.29, 0.717) is 23.8 Å². The summed E-state index contributed by atoms with van der Waals surface area (Å²) < 4.78 is 18.8. The zero-order valence-corrected chi connectivity index (χ0v) is 10.9. The van der Waals surface area contributed by atoms with Gasteiger partial charge in [-0.2, -0.15) is 0 Å². The highest BCUT2D eigenvalue weighted by Crippen LogP contribution is 2.10. The lowest BCUT2D eigenvalue weighted by atomic mass is 10.2. The average molecular weight is 268 g/mol. The van der Waals surface area contributed by atoms with Crippen LogP contribution in [0.4, 0.5) is 4.39 Å². The van der Waals surface area contributed by atoms with E-state index in [2.05, 4.69) is 10.6 Å². The minimum atomic E-state index is -0.216. The summed E-state index contributed by atoms with van der Waals surface area (Å²) in [5.41, 5.74) is 0.610. The predicted molar refractivity (Wildman–Crippen MR) is 72.8 cm³/mol. The molecule has 1 atom stereocenters. The van der Waals surface area contributed by atoms with Crippen molar-refractivity contribution in [1.29, 1.82) is 0 Å². The van der Waals surface area contributed by atoms with Crippen molar-refractivity contribution < 1.29 is 9.13 Å². The topological polar surface area (TPSA) is 33.3 Å². The largest absolute Gasteiger partial charge is 0.376 e. The third-order valence-corrected chi connectivity index (χ3v) is 3.20. The first-order chi connectivity index (χ1) is 8.75. The SMILES string of the molecule is Fc1ccccc1CNC(=S)NCC1CCCO1. The molecule has 0 aliphatic carbocycles. The van der Waals surface area contributed by atoms with E-state index in [9.17, 15) is 4.39 Å². The summed E-state index contributed by atoms with van der Waals surface area (Å²) in [6.45, 7) is 1.94. The summed E-state index contributed by atoms with van der Waals surface area (Å²) in [7, 11) is 0. The average Bonchev–Trinajstić information content (AvgIpc) is 2.88. The van der Waals surface area contributed by atoms with Crippen LogP contribution in [0.3, 0.4) is 0 Å². The van der Waals surface area contributed by atoms with Gasteiger partial charge in [0.1, 0.15) is 5.82 Å². The molecule has 0 aromatic heterocycles. The van der Waals surface area contributed by atoms with Crippen LogP contribution in [0, 0.1) is 5.82 Å². The molecular formula is C13H17FN2OS. The summed E-state index contributed by atoms with van der Waals surface area (Å²) in [6.07, 6.45) is 2.43. The molecule has 18 heavy (non-hydrogen) atoms. The Labute approximate surface area is 112 Å². The van der Waals surface area contributed by atoms with Crippen LogP contribution < -0.4 is 10.6 Å². The van der Waals surface area contributed by atoms with E-state index in [1.54, 1.807) is 12.1 Å². The molecule has 2 N–H and O–H groups in total. The molecule has 5 heteroatoms. The lowest BCUT2D eigenvalue weighted by molar-refractivity contribution is 0.114. The van der Waals surface area contributed by atoms with Crippen molar-refractivity contribution in [3.8, 4) is 0 Å². The highest BCUT2D eigenvalue weighted by Gasteiger charge is 2.15. The molecule has 98 valence electrons. The molecule has 2 rings (SSSR count). The van der Waals surface area contributed by atoms with Crippen molar-refractivity contribution in [1.82, 2.24) is 10.6 Å². The quantitative estimate of drug-likeness (QED) is 0.818. The third kappa shape index (κ3) is 3.92.